The van der Waals surface area contributed by atoms with Crippen LogP contribution in [0, 0.1) is 11.8 Å². The summed E-state index contributed by atoms with van der Waals surface area (Å²) >= 11 is 0. The van der Waals surface area contributed by atoms with E-state index in [0.717, 1.165) is 19.3 Å². The Kier molecular flexibility index (Phi) is 4.45. The molecule has 0 aliphatic heterocycles. The Morgan fingerprint density at radius 1 is 1.60 bits per heavy atom. The van der Waals surface area contributed by atoms with E-state index in [1.165, 1.54) is 7.11 Å². The van der Waals surface area contributed by atoms with E-state index >= 15 is 0 Å². The van der Waals surface area contributed by atoms with Crippen molar-refractivity contribution in [3.05, 3.63) is 0 Å². The molecule has 3 heteroatoms. The van der Waals surface area contributed by atoms with E-state index in [-0.39, 0.29) is 11.6 Å². The first-order valence-corrected chi connectivity index (χ1v) is 5.69. The number of hydrogen-bond acceptors (Lipinski definition) is 3. The molecular formula is C12H20O3. The maximum Gasteiger partial charge on any atom is 0.171 e. The number of hydrogen-bond donors (Lipinski definition) is 0. The first-order valence-electron chi connectivity index (χ1n) is 5.69. The summed E-state index contributed by atoms with van der Waals surface area (Å²) < 4.78 is 4.98. The molecule has 1 aliphatic rings. The lowest BCUT2D eigenvalue weighted by molar-refractivity contribution is -0.141. The molecule has 0 aromatic rings. The minimum atomic E-state index is -0.449. The molecule has 0 amide bonds. The van der Waals surface area contributed by atoms with Crippen molar-refractivity contribution in [2.75, 3.05) is 7.11 Å². The molecule has 0 aromatic heterocycles. The van der Waals surface area contributed by atoms with Gasteiger partial charge in [0, 0.05) is 13.5 Å². The lowest BCUT2D eigenvalue weighted by Crippen LogP contribution is -2.36. The van der Waals surface area contributed by atoms with Gasteiger partial charge in [-0.2, -0.15) is 0 Å². The van der Waals surface area contributed by atoms with Crippen molar-refractivity contribution >= 4 is 11.6 Å². The zero-order valence-electron chi connectivity index (χ0n) is 9.79. The highest BCUT2D eigenvalue weighted by Crippen LogP contribution is 2.30. The molecule has 3 nitrogen and oxygen atoms in total. The molecule has 0 saturated heterocycles. The summed E-state index contributed by atoms with van der Waals surface area (Å²) in [7, 11) is 1.51. The first kappa shape index (κ1) is 12.4. The monoisotopic (exact) mass is 212 g/mol. The van der Waals surface area contributed by atoms with Gasteiger partial charge in [-0.25, -0.2) is 0 Å². The van der Waals surface area contributed by atoms with Crippen molar-refractivity contribution in [1.82, 2.24) is 0 Å². The molecule has 0 N–H and O–H groups in total. The standard InChI is InChI=1S/C12H20O3/c1-4-9-5-6-11(13)10(7-9)12(14)8(2)15-3/h8-10H,4-7H2,1-3H3. The number of ether oxygens (including phenoxy) is 1. The van der Waals surface area contributed by atoms with Gasteiger partial charge < -0.3 is 4.74 Å². The van der Waals surface area contributed by atoms with Crippen molar-refractivity contribution in [2.45, 2.75) is 45.6 Å². The predicted octanol–water partition coefficient (Wildman–Crippen LogP) is 1.99. The minimum Gasteiger partial charge on any atom is -0.374 e. The molecule has 3 atom stereocenters. The number of carbonyl (C=O) groups is 2. The van der Waals surface area contributed by atoms with Gasteiger partial charge in [0.1, 0.15) is 11.9 Å². The van der Waals surface area contributed by atoms with E-state index in [9.17, 15) is 9.59 Å². The predicted molar refractivity (Wildman–Crippen MR) is 57.6 cm³/mol. The highest BCUT2D eigenvalue weighted by molar-refractivity contribution is 6.04. The molecule has 15 heavy (non-hydrogen) atoms. The molecule has 0 radical (unpaired) electrons. The third-order valence-corrected chi connectivity index (χ3v) is 3.43. The van der Waals surface area contributed by atoms with Crippen LogP contribution in [0.5, 0.6) is 0 Å². The molecule has 3 unspecified atom stereocenters. The van der Waals surface area contributed by atoms with Gasteiger partial charge in [0.2, 0.25) is 0 Å². The summed E-state index contributed by atoms with van der Waals surface area (Å²) in [5.41, 5.74) is 0. The molecule has 1 saturated carbocycles. The third kappa shape index (κ3) is 2.88. The Labute approximate surface area is 91.2 Å². The second kappa shape index (κ2) is 5.40. The Morgan fingerprint density at radius 3 is 2.80 bits per heavy atom. The molecular weight excluding hydrogens is 192 g/mol. The fourth-order valence-electron chi connectivity index (χ4n) is 2.15. The summed E-state index contributed by atoms with van der Waals surface area (Å²) in [4.78, 5) is 23.5. The fourth-order valence-corrected chi connectivity index (χ4v) is 2.15. The van der Waals surface area contributed by atoms with E-state index in [1.54, 1.807) is 6.92 Å². The normalized spacial score (nSPS) is 28.9. The first-order chi connectivity index (χ1) is 7.10. The van der Waals surface area contributed by atoms with Crippen molar-refractivity contribution < 1.29 is 14.3 Å². The van der Waals surface area contributed by atoms with Crippen LogP contribution in [-0.2, 0) is 14.3 Å². The van der Waals surface area contributed by atoms with Gasteiger partial charge >= 0.3 is 0 Å². The van der Waals surface area contributed by atoms with Crippen molar-refractivity contribution in [1.29, 1.82) is 0 Å². The van der Waals surface area contributed by atoms with Crippen molar-refractivity contribution in [3.63, 3.8) is 0 Å². The smallest absolute Gasteiger partial charge is 0.171 e. The number of Topliss-reactive ketones (excluding diaryl/α,β-unsaturated/α-hetero) is 2. The summed E-state index contributed by atoms with van der Waals surface area (Å²) in [5.74, 6) is 0.189. The average Bonchev–Trinajstić information content (AvgIpc) is 2.27. The number of rotatable bonds is 4. The Bertz CT molecular complexity index is 247. The van der Waals surface area contributed by atoms with Crippen LogP contribution in [0.15, 0.2) is 0 Å². The number of carbonyl (C=O) groups excluding carboxylic acids is 2. The lowest BCUT2D eigenvalue weighted by Gasteiger charge is -2.27. The van der Waals surface area contributed by atoms with Crippen LogP contribution in [0.1, 0.15) is 39.5 Å². The van der Waals surface area contributed by atoms with Gasteiger partial charge in [-0.1, -0.05) is 13.3 Å². The van der Waals surface area contributed by atoms with Crippen LogP contribution in [0.25, 0.3) is 0 Å². The molecule has 0 aromatic carbocycles. The van der Waals surface area contributed by atoms with E-state index < -0.39 is 12.0 Å². The van der Waals surface area contributed by atoms with E-state index in [4.69, 9.17) is 4.74 Å². The second-order valence-corrected chi connectivity index (χ2v) is 4.35. The summed E-state index contributed by atoms with van der Waals surface area (Å²) in [6, 6.07) is 0. The molecule has 1 aliphatic carbocycles. The van der Waals surface area contributed by atoms with Gasteiger partial charge in [0.15, 0.2) is 5.78 Å². The highest BCUT2D eigenvalue weighted by atomic mass is 16.5. The zero-order chi connectivity index (χ0) is 11.4. The van der Waals surface area contributed by atoms with Crippen molar-refractivity contribution in [2.24, 2.45) is 11.8 Å². The maximum absolute atomic E-state index is 11.9. The van der Waals surface area contributed by atoms with E-state index in [2.05, 4.69) is 6.92 Å². The summed E-state index contributed by atoms with van der Waals surface area (Å²) in [5, 5.41) is 0. The van der Waals surface area contributed by atoms with E-state index in [1.807, 2.05) is 0 Å². The van der Waals surface area contributed by atoms with Gasteiger partial charge in [0.25, 0.3) is 0 Å². The lowest BCUT2D eigenvalue weighted by atomic mass is 9.76. The molecule has 0 bridgehead atoms. The quantitative estimate of drug-likeness (QED) is 0.669. The Balaban J connectivity index is 2.65. The summed E-state index contributed by atoms with van der Waals surface area (Å²) in [6.07, 6.45) is 2.83. The third-order valence-electron chi connectivity index (χ3n) is 3.43. The molecule has 1 fully saturated rings. The van der Waals surface area contributed by atoms with Gasteiger partial charge in [0.05, 0.1) is 5.92 Å². The van der Waals surface area contributed by atoms with Crippen LogP contribution < -0.4 is 0 Å². The molecule has 0 heterocycles. The van der Waals surface area contributed by atoms with Crippen molar-refractivity contribution in [3.8, 4) is 0 Å². The fraction of sp³-hybridized carbons (Fsp3) is 0.833. The minimum absolute atomic E-state index is 0.0411. The topological polar surface area (TPSA) is 43.4 Å². The van der Waals surface area contributed by atoms with Crippen LogP contribution in [0.2, 0.25) is 0 Å². The SMILES string of the molecule is CCC1CCC(=O)C(C(=O)C(C)OC)C1. The second-order valence-electron chi connectivity index (χ2n) is 4.35. The zero-order valence-corrected chi connectivity index (χ0v) is 9.79. The molecule has 86 valence electrons. The van der Waals surface area contributed by atoms with Crippen LogP contribution in [0.4, 0.5) is 0 Å². The molecule has 0 spiro atoms. The average molecular weight is 212 g/mol. The number of methoxy groups -OCH3 is 1. The van der Waals surface area contributed by atoms with Crippen LogP contribution in [-0.4, -0.2) is 24.8 Å². The van der Waals surface area contributed by atoms with Gasteiger partial charge in [-0.05, 0) is 25.7 Å². The maximum atomic E-state index is 11.9. The van der Waals surface area contributed by atoms with Gasteiger partial charge in [-0.3, -0.25) is 9.59 Å². The van der Waals surface area contributed by atoms with E-state index in [0.29, 0.717) is 12.3 Å². The van der Waals surface area contributed by atoms with Crippen LogP contribution >= 0.6 is 0 Å². The Morgan fingerprint density at radius 2 is 2.27 bits per heavy atom. The highest BCUT2D eigenvalue weighted by Gasteiger charge is 2.35. The summed E-state index contributed by atoms with van der Waals surface area (Å²) in [6.45, 7) is 3.83. The largest absolute Gasteiger partial charge is 0.374 e. The van der Waals surface area contributed by atoms with Crippen LogP contribution in [0.3, 0.4) is 0 Å². The molecule has 1 rings (SSSR count). The van der Waals surface area contributed by atoms with Gasteiger partial charge in [-0.15, -0.1) is 0 Å². The Hall–Kier alpha value is -0.700. The number of ketones is 2.